The molecule has 0 bridgehead atoms. The molecule has 0 aliphatic heterocycles. The van der Waals surface area contributed by atoms with Crippen molar-refractivity contribution in [1.29, 1.82) is 0 Å². The van der Waals surface area contributed by atoms with Gasteiger partial charge in [-0.2, -0.15) is 0 Å². The van der Waals surface area contributed by atoms with E-state index in [1.165, 1.54) is 18.2 Å². The highest BCUT2D eigenvalue weighted by molar-refractivity contribution is 7.92. The molecule has 4 rings (SSSR count). The second-order valence-electron chi connectivity index (χ2n) is 7.40. The lowest BCUT2D eigenvalue weighted by atomic mass is 10.1. The summed E-state index contributed by atoms with van der Waals surface area (Å²) in [6, 6.07) is 25.8. The molecule has 0 saturated heterocycles. The Kier molecular flexibility index (Phi) is 5.92. The van der Waals surface area contributed by atoms with Gasteiger partial charge in [-0.05, 0) is 41.3 Å². The molecule has 0 fully saturated rings. The summed E-state index contributed by atoms with van der Waals surface area (Å²) >= 11 is 0. The maximum Gasteiger partial charge on any atom is 0.255 e. The molecule has 162 valence electrons. The van der Waals surface area contributed by atoms with E-state index < -0.39 is 15.8 Å². The van der Waals surface area contributed by atoms with E-state index in [-0.39, 0.29) is 18.1 Å². The summed E-state index contributed by atoms with van der Waals surface area (Å²) < 4.78 is 39.7. The standard InChI is InChI=1S/C25H21FN2O3S/c1-32(30,31)28(24-12-5-4-10-22(24)26)17-18-13-15-20(16-14-18)25(29)27-23-11-6-8-19-7-2-3-9-21(19)23/h2-16H,17H2,1H3,(H,27,29). The normalized spacial score (nSPS) is 11.3. The van der Waals surface area contributed by atoms with Crippen molar-refractivity contribution in [3.8, 4) is 0 Å². The summed E-state index contributed by atoms with van der Waals surface area (Å²) in [5.41, 5.74) is 1.74. The molecule has 0 atom stereocenters. The zero-order valence-electron chi connectivity index (χ0n) is 17.3. The molecule has 1 amide bonds. The Labute approximate surface area is 186 Å². The zero-order valence-corrected chi connectivity index (χ0v) is 18.1. The molecular formula is C25H21FN2O3S. The third kappa shape index (κ3) is 4.63. The van der Waals surface area contributed by atoms with Crippen LogP contribution in [0.25, 0.3) is 10.8 Å². The molecule has 0 radical (unpaired) electrons. The van der Waals surface area contributed by atoms with Crippen LogP contribution >= 0.6 is 0 Å². The minimum absolute atomic E-state index is 0.0206. The van der Waals surface area contributed by atoms with Crippen LogP contribution in [0.4, 0.5) is 15.8 Å². The number of para-hydroxylation sites is 1. The van der Waals surface area contributed by atoms with Crippen LogP contribution in [-0.2, 0) is 16.6 Å². The van der Waals surface area contributed by atoms with Gasteiger partial charge in [0.15, 0.2) is 0 Å². The van der Waals surface area contributed by atoms with Crippen molar-refractivity contribution >= 4 is 38.1 Å². The maximum absolute atomic E-state index is 14.2. The number of carbonyl (C=O) groups excluding carboxylic acids is 1. The molecular weight excluding hydrogens is 427 g/mol. The highest BCUT2D eigenvalue weighted by atomic mass is 32.2. The largest absolute Gasteiger partial charge is 0.321 e. The lowest BCUT2D eigenvalue weighted by molar-refractivity contribution is 0.102. The molecule has 1 N–H and O–H groups in total. The second kappa shape index (κ2) is 8.80. The van der Waals surface area contributed by atoms with Crippen LogP contribution in [0.15, 0.2) is 91.0 Å². The van der Waals surface area contributed by atoms with Gasteiger partial charge in [0.25, 0.3) is 5.91 Å². The first-order valence-electron chi connectivity index (χ1n) is 9.93. The number of hydrogen-bond donors (Lipinski definition) is 1. The number of hydrogen-bond acceptors (Lipinski definition) is 3. The van der Waals surface area contributed by atoms with E-state index in [1.807, 2.05) is 42.5 Å². The van der Waals surface area contributed by atoms with Crippen molar-refractivity contribution in [1.82, 2.24) is 0 Å². The number of nitrogens with zero attached hydrogens (tertiary/aromatic N) is 1. The Morgan fingerprint density at radius 3 is 2.25 bits per heavy atom. The minimum Gasteiger partial charge on any atom is -0.321 e. The van der Waals surface area contributed by atoms with Crippen LogP contribution in [0, 0.1) is 5.82 Å². The number of benzene rings is 4. The van der Waals surface area contributed by atoms with Gasteiger partial charge in [0.05, 0.1) is 18.5 Å². The Bertz CT molecular complexity index is 1380. The van der Waals surface area contributed by atoms with Crippen molar-refractivity contribution in [2.24, 2.45) is 0 Å². The van der Waals surface area contributed by atoms with E-state index in [9.17, 15) is 17.6 Å². The summed E-state index contributed by atoms with van der Waals surface area (Å²) in [5.74, 6) is -0.897. The first kappa shape index (κ1) is 21.5. The van der Waals surface area contributed by atoms with Crippen molar-refractivity contribution < 1.29 is 17.6 Å². The molecule has 0 heterocycles. The molecule has 7 heteroatoms. The van der Waals surface area contributed by atoms with Gasteiger partial charge in [-0.3, -0.25) is 9.10 Å². The number of amides is 1. The SMILES string of the molecule is CS(=O)(=O)N(Cc1ccc(C(=O)Nc2cccc3ccccc23)cc1)c1ccccc1F. The van der Waals surface area contributed by atoms with E-state index in [2.05, 4.69) is 5.32 Å². The van der Waals surface area contributed by atoms with E-state index in [0.29, 0.717) is 16.8 Å². The Morgan fingerprint density at radius 1 is 0.875 bits per heavy atom. The van der Waals surface area contributed by atoms with E-state index >= 15 is 0 Å². The molecule has 4 aromatic carbocycles. The van der Waals surface area contributed by atoms with Crippen LogP contribution in [0.5, 0.6) is 0 Å². The summed E-state index contributed by atoms with van der Waals surface area (Å²) in [4.78, 5) is 12.7. The first-order valence-corrected chi connectivity index (χ1v) is 11.8. The van der Waals surface area contributed by atoms with Gasteiger partial charge in [-0.25, -0.2) is 12.8 Å². The molecule has 0 aliphatic rings. The number of rotatable bonds is 6. The highest BCUT2D eigenvalue weighted by Crippen LogP contribution is 2.25. The number of halogens is 1. The summed E-state index contributed by atoms with van der Waals surface area (Å²) in [6.45, 7) is -0.0506. The average molecular weight is 449 g/mol. The van der Waals surface area contributed by atoms with Gasteiger partial charge in [0, 0.05) is 16.6 Å². The van der Waals surface area contributed by atoms with Crippen LogP contribution in [-0.4, -0.2) is 20.6 Å². The highest BCUT2D eigenvalue weighted by Gasteiger charge is 2.21. The fourth-order valence-corrected chi connectivity index (χ4v) is 4.38. The maximum atomic E-state index is 14.2. The monoisotopic (exact) mass is 448 g/mol. The number of nitrogens with one attached hydrogen (secondary N) is 1. The Morgan fingerprint density at radius 2 is 1.53 bits per heavy atom. The van der Waals surface area contributed by atoms with Gasteiger partial charge in [-0.1, -0.05) is 60.7 Å². The third-order valence-corrected chi connectivity index (χ3v) is 6.23. The second-order valence-corrected chi connectivity index (χ2v) is 9.31. The number of carbonyl (C=O) groups is 1. The molecule has 0 spiro atoms. The lowest BCUT2D eigenvalue weighted by Gasteiger charge is -2.23. The molecule has 32 heavy (non-hydrogen) atoms. The van der Waals surface area contributed by atoms with Gasteiger partial charge in [0.2, 0.25) is 10.0 Å². The lowest BCUT2D eigenvalue weighted by Crippen LogP contribution is -2.30. The van der Waals surface area contributed by atoms with E-state index in [0.717, 1.165) is 21.3 Å². The summed E-state index contributed by atoms with van der Waals surface area (Å²) in [7, 11) is -3.71. The molecule has 5 nitrogen and oxygen atoms in total. The van der Waals surface area contributed by atoms with Crippen LogP contribution in [0.2, 0.25) is 0 Å². The van der Waals surface area contributed by atoms with Crippen molar-refractivity contribution in [2.45, 2.75) is 6.54 Å². The number of anilines is 2. The number of sulfonamides is 1. The molecule has 0 aliphatic carbocycles. The first-order chi connectivity index (χ1) is 15.3. The minimum atomic E-state index is -3.71. The average Bonchev–Trinajstić information content (AvgIpc) is 2.78. The summed E-state index contributed by atoms with van der Waals surface area (Å²) in [5, 5.41) is 4.89. The van der Waals surface area contributed by atoms with E-state index in [1.54, 1.807) is 30.3 Å². The fraction of sp³-hybridized carbons (Fsp3) is 0.0800. The molecule has 0 saturated carbocycles. The smallest absolute Gasteiger partial charge is 0.255 e. The van der Waals surface area contributed by atoms with Crippen LogP contribution in [0.1, 0.15) is 15.9 Å². The van der Waals surface area contributed by atoms with Crippen molar-refractivity contribution in [2.75, 3.05) is 15.9 Å². The molecule has 0 aromatic heterocycles. The van der Waals surface area contributed by atoms with Gasteiger partial charge in [-0.15, -0.1) is 0 Å². The fourth-order valence-electron chi connectivity index (χ4n) is 3.49. The van der Waals surface area contributed by atoms with E-state index in [4.69, 9.17) is 0 Å². The third-order valence-electron chi connectivity index (χ3n) is 5.10. The van der Waals surface area contributed by atoms with Gasteiger partial charge < -0.3 is 5.32 Å². The Hall–Kier alpha value is -3.71. The molecule has 4 aromatic rings. The van der Waals surface area contributed by atoms with Gasteiger partial charge in [0.1, 0.15) is 5.82 Å². The summed E-state index contributed by atoms with van der Waals surface area (Å²) in [6.07, 6.45) is 1.03. The predicted octanol–water partition coefficient (Wildman–Crippen LogP) is 5.20. The van der Waals surface area contributed by atoms with Crippen LogP contribution in [0.3, 0.4) is 0 Å². The number of fused-ring (bicyclic) bond motifs is 1. The Balaban J connectivity index is 1.54. The molecule has 0 unspecified atom stereocenters. The van der Waals surface area contributed by atoms with Crippen molar-refractivity contribution in [3.05, 3.63) is 108 Å². The zero-order chi connectivity index (χ0) is 22.7. The topological polar surface area (TPSA) is 66.5 Å². The van der Waals surface area contributed by atoms with Crippen molar-refractivity contribution in [3.63, 3.8) is 0 Å². The quantitative estimate of drug-likeness (QED) is 0.441. The predicted molar refractivity (Wildman–Crippen MR) is 126 cm³/mol. The van der Waals surface area contributed by atoms with Crippen LogP contribution < -0.4 is 9.62 Å². The van der Waals surface area contributed by atoms with Gasteiger partial charge >= 0.3 is 0 Å².